The number of carbonyl (C=O) groups is 3. The smallest absolute Gasteiger partial charge is 0.255 e. The highest BCUT2D eigenvalue weighted by Gasteiger charge is 2.59. The van der Waals surface area contributed by atoms with Gasteiger partial charge in [-0.05, 0) is 72.9 Å². The zero-order valence-electron chi connectivity index (χ0n) is 18.3. The average molecular weight is 450 g/mol. The lowest BCUT2D eigenvalue weighted by Gasteiger charge is -2.18. The van der Waals surface area contributed by atoms with Crippen LogP contribution in [0.1, 0.15) is 16.8 Å². The molecule has 6 rings (SSSR count). The quantitative estimate of drug-likeness (QED) is 0.436. The number of nitrogens with zero attached hydrogens (tertiary/aromatic N) is 1. The Kier molecular flexibility index (Phi) is 4.80. The zero-order valence-corrected chi connectivity index (χ0v) is 18.3. The summed E-state index contributed by atoms with van der Waals surface area (Å²) in [4.78, 5) is 40.3. The number of rotatable bonds is 5. The van der Waals surface area contributed by atoms with Crippen molar-refractivity contribution in [2.45, 2.75) is 6.42 Å². The lowest BCUT2D eigenvalue weighted by Crippen LogP contribution is -2.33. The monoisotopic (exact) mass is 450 g/mol. The fraction of sp³-hybridized carbons (Fsp3) is 0.179. The maximum absolute atomic E-state index is 13.1. The van der Waals surface area contributed by atoms with Gasteiger partial charge >= 0.3 is 0 Å². The second-order valence-corrected chi connectivity index (χ2v) is 8.96. The molecule has 1 saturated heterocycles. The molecule has 4 atom stereocenters. The molecule has 2 aliphatic carbocycles. The van der Waals surface area contributed by atoms with Crippen LogP contribution in [-0.2, 0) is 9.59 Å². The number of carbonyl (C=O) groups excluding carboxylic acids is 3. The normalized spacial score (nSPS) is 24.4. The molecule has 3 aromatic carbocycles. The van der Waals surface area contributed by atoms with Crippen molar-refractivity contribution >= 4 is 29.1 Å². The van der Waals surface area contributed by atoms with Crippen LogP contribution in [-0.4, -0.2) is 17.7 Å². The number of amides is 3. The average Bonchev–Trinajstić information content (AvgIpc) is 3.55. The minimum atomic E-state index is -0.320. The first kappa shape index (κ1) is 20.4. The molecule has 1 heterocycles. The lowest BCUT2D eigenvalue weighted by molar-refractivity contribution is -0.123. The molecule has 0 unspecified atom stereocenters. The number of para-hydroxylation sites is 1. The van der Waals surface area contributed by atoms with Gasteiger partial charge < -0.3 is 10.1 Å². The predicted molar refractivity (Wildman–Crippen MR) is 128 cm³/mol. The summed E-state index contributed by atoms with van der Waals surface area (Å²) in [5.41, 5.74) is 1.44. The zero-order chi connectivity index (χ0) is 23.2. The molecule has 1 aliphatic heterocycles. The molecule has 3 amide bonds. The van der Waals surface area contributed by atoms with E-state index < -0.39 is 0 Å². The summed E-state index contributed by atoms with van der Waals surface area (Å²) in [7, 11) is 0. The predicted octanol–water partition coefficient (Wildman–Crippen LogP) is 5.04. The Morgan fingerprint density at radius 3 is 2.12 bits per heavy atom. The summed E-state index contributed by atoms with van der Waals surface area (Å²) in [5.74, 6) is 0.527. The van der Waals surface area contributed by atoms with E-state index in [1.54, 1.807) is 48.5 Å². The number of allylic oxidation sites excluding steroid dienone is 2. The molecule has 0 spiro atoms. The largest absolute Gasteiger partial charge is 0.457 e. The van der Waals surface area contributed by atoms with Gasteiger partial charge in [-0.15, -0.1) is 0 Å². The van der Waals surface area contributed by atoms with Crippen molar-refractivity contribution in [2.75, 3.05) is 10.2 Å². The third-order valence-electron chi connectivity index (χ3n) is 6.93. The topological polar surface area (TPSA) is 75.7 Å². The summed E-state index contributed by atoms with van der Waals surface area (Å²) in [6, 6.07) is 23.2. The first-order valence-electron chi connectivity index (χ1n) is 11.4. The van der Waals surface area contributed by atoms with Crippen LogP contribution in [0.5, 0.6) is 11.5 Å². The van der Waals surface area contributed by atoms with Crippen LogP contribution in [0.25, 0.3) is 0 Å². The molecule has 168 valence electrons. The summed E-state index contributed by atoms with van der Waals surface area (Å²) < 4.78 is 5.78. The number of benzene rings is 3. The number of hydrogen-bond donors (Lipinski definition) is 1. The first-order chi connectivity index (χ1) is 16.6. The second-order valence-electron chi connectivity index (χ2n) is 8.96. The Morgan fingerprint density at radius 1 is 0.794 bits per heavy atom. The van der Waals surface area contributed by atoms with Gasteiger partial charge in [0.1, 0.15) is 11.5 Å². The molecule has 2 bridgehead atoms. The SMILES string of the molecule is O=C(Nc1ccc(Oc2ccccc2)cc1)c1cccc(N2C(=O)[C@@H]3[C@@H](C2=O)[C@H]2C=C[C@@H]3C2)c1. The van der Waals surface area contributed by atoms with Gasteiger partial charge in [-0.1, -0.05) is 36.4 Å². The number of ether oxygens (including phenoxy) is 1. The second kappa shape index (κ2) is 7.99. The first-order valence-corrected chi connectivity index (χ1v) is 11.4. The summed E-state index contributed by atoms with van der Waals surface area (Å²) in [5, 5.41) is 2.86. The minimum Gasteiger partial charge on any atom is -0.457 e. The van der Waals surface area contributed by atoms with E-state index in [2.05, 4.69) is 17.5 Å². The van der Waals surface area contributed by atoms with Gasteiger partial charge in [-0.3, -0.25) is 14.4 Å². The summed E-state index contributed by atoms with van der Waals surface area (Å²) in [6.07, 6.45) is 5.03. The van der Waals surface area contributed by atoms with Crippen LogP contribution < -0.4 is 15.0 Å². The van der Waals surface area contributed by atoms with E-state index >= 15 is 0 Å². The molecule has 6 nitrogen and oxygen atoms in total. The highest BCUT2D eigenvalue weighted by Crippen LogP contribution is 2.53. The van der Waals surface area contributed by atoms with Crippen LogP contribution in [0.2, 0.25) is 0 Å². The molecule has 34 heavy (non-hydrogen) atoms. The van der Waals surface area contributed by atoms with Gasteiger partial charge in [0, 0.05) is 11.3 Å². The van der Waals surface area contributed by atoms with Crippen LogP contribution in [0.15, 0.2) is 91.0 Å². The minimum absolute atomic E-state index is 0.150. The van der Waals surface area contributed by atoms with Crippen LogP contribution in [0.3, 0.4) is 0 Å². The number of nitrogens with one attached hydrogen (secondary N) is 1. The van der Waals surface area contributed by atoms with E-state index in [0.717, 1.165) is 12.2 Å². The van der Waals surface area contributed by atoms with E-state index in [1.165, 1.54) is 4.90 Å². The van der Waals surface area contributed by atoms with Crippen LogP contribution in [0, 0.1) is 23.7 Å². The summed E-state index contributed by atoms with van der Waals surface area (Å²) >= 11 is 0. The molecule has 3 aromatic rings. The standard InChI is InChI=1S/C28H22N2O4/c31-26(29-20-11-13-23(14-12-20)34-22-7-2-1-3-8-22)19-5-4-6-21(16-19)30-27(32)24-17-9-10-18(15-17)25(24)28(30)33/h1-14,16-18,24-25H,15H2,(H,29,31)/t17-,18+,24-,25-/m0/s1. The van der Waals surface area contributed by atoms with Crippen molar-refractivity contribution in [3.63, 3.8) is 0 Å². The Hall–Kier alpha value is -4.19. The number of hydrogen-bond acceptors (Lipinski definition) is 4. The fourth-order valence-corrected chi connectivity index (χ4v) is 5.38. The Bertz CT molecular complexity index is 1290. The van der Waals surface area contributed by atoms with Crippen molar-refractivity contribution in [3.05, 3.63) is 96.6 Å². The maximum Gasteiger partial charge on any atom is 0.255 e. The van der Waals surface area contributed by atoms with Crippen LogP contribution in [0.4, 0.5) is 11.4 Å². The van der Waals surface area contributed by atoms with Gasteiger partial charge in [-0.25, -0.2) is 4.90 Å². The molecular formula is C28H22N2O4. The number of anilines is 2. The Balaban J connectivity index is 1.16. The van der Waals surface area contributed by atoms with Crippen molar-refractivity contribution < 1.29 is 19.1 Å². The van der Waals surface area contributed by atoms with Gasteiger partial charge in [0.05, 0.1) is 17.5 Å². The van der Waals surface area contributed by atoms with Crippen molar-refractivity contribution in [1.82, 2.24) is 0 Å². The van der Waals surface area contributed by atoms with E-state index in [4.69, 9.17) is 4.74 Å². The van der Waals surface area contributed by atoms with Crippen LogP contribution >= 0.6 is 0 Å². The van der Waals surface area contributed by atoms with Gasteiger partial charge in [0.15, 0.2) is 0 Å². The fourth-order valence-electron chi connectivity index (χ4n) is 5.38. The maximum atomic E-state index is 13.1. The molecule has 0 aromatic heterocycles. The van der Waals surface area contributed by atoms with Crippen molar-refractivity contribution in [2.24, 2.45) is 23.7 Å². The Labute approximate surface area is 196 Å². The molecule has 1 N–H and O–H groups in total. The molecule has 6 heteroatoms. The van der Waals surface area contributed by atoms with Gasteiger partial charge in [0.25, 0.3) is 5.91 Å². The highest BCUT2D eigenvalue weighted by atomic mass is 16.5. The third-order valence-corrected chi connectivity index (χ3v) is 6.93. The number of fused-ring (bicyclic) bond motifs is 5. The van der Waals surface area contributed by atoms with Crippen molar-refractivity contribution in [1.29, 1.82) is 0 Å². The highest BCUT2D eigenvalue weighted by molar-refractivity contribution is 6.23. The summed E-state index contributed by atoms with van der Waals surface area (Å²) in [6.45, 7) is 0. The van der Waals surface area contributed by atoms with E-state index in [-0.39, 0.29) is 41.4 Å². The van der Waals surface area contributed by atoms with Gasteiger partial charge in [0.2, 0.25) is 11.8 Å². The van der Waals surface area contributed by atoms with E-state index in [0.29, 0.717) is 22.7 Å². The Morgan fingerprint density at radius 2 is 1.44 bits per heavy atom. The molecule has 3 aliphatic rings. The number of imide groups is 1. The lowest BCUT2D eigenvalue weighted by atomic mass is 9.85. The molecule has 2 fully saturated rings. The third kappa shape index (κ3) is 3.39. The van der Waals surface area contributed by atoms with Crippen molar-refractivity contribution in [3.8, 4) is 11.5 Å². The molecule has 0 radical (unpaired) electrons. The van der Waals surface area contributed by atoms with Gasteiger partial charge in [-0.2, -0.15) is 0 Å². The van der Waals surface area contributed by atoms with E-state index in [1.807, 2.05) is 30.3 Å². The van der Waals surface area contributed by atoms with E-state index in [9.17, 15) is 14.4 Å². The molecule has 1 saturated carbocycles. The molecular weight excluding hydrogens is 428 g/mol.